The first kappa shape index (κ1) is 15.3. The van der Waals surface area contributed by atoms with Gasteiger partial charge in [0.15, 0.2) is 0 Å². The van der Waals surface area contributed by atoms with Crippen LogP contribution in [-0.2, 0) is 16.6 Å². The molecule has 0 saturated heterocycles. The first-order valence-corrected chi connectivity index (χ1v) is 7.85. The first-order valence-electron chi connectivity index (χ1n) is 6.41. The molecular formula is C15H18N2O3S. The van der Waals surface area contributed by atoms with Crippen LogP contribution in [0.3, 0.4) is 0 Å². The molecule has 2 aromatic rings. The molecule has 0 saturated carbocycles. The maximum atomic E-state index is 12.7. The number of hydrogen-bond acceptors (Lipinski definition) is 4. The van der Waals surface area contributed by atoms with Crippen LogP contribution in [0.5, 0.6) is 5.75 Å². The van der Waals surface area contributed by atoms with Gasteiger partial charge in [-0.2, -0.15) is 0 Å². The van der Waals surface area contributed by atoms with Crippen molar-refractivity contribution >= 4 is 15.7 Å². The predicted molar refractivity (Wildman–Crippen MR) is 82.9 cm³/mol. The number of benzene rings is 2. The highest BCUT2D eigenvalue weighted by molar-refractivity contribution is 7.92. The molecule has 0 amide bonds. The summed E-state index contributed by atoms with van der Waals surface area (Å²) < 4.78 is 31.7. The van der Waals surface area contributed by atoms with E-state index in [9.17, 15) is 8.42 Å². The van der Waals surface area contributed by atoms with Crippen LogP contribution in [0.4, 0.5) is 5.69 Å². The zero-order valence-corrected chi connectivity index (χ0v) is 12.8. The van der Waals surface area contributed by atoms with Gasteiger partial charge in [0.1, 0.15) is 5.75 Å². The number of ether oxygens (including phenoxy) is 1. The van der Waals surface area contributed by atoms with Crippen molar-refractivity contribution in [3.63, 3.8) is 0 Å². The molecule has 5 nitrogen and oxygen atoms in total. The number of rotatable bonds is 5. The number of sulfonamides is 1. The molecule has 0 radical (unpaired) electrons. The highest BCUT2D eigenvalue weighted by atomic mass is 32.2. The van der Waals surface area contributed by atoms with Gasteiger partial charge >= 0.3 is 0 Å². The topological polar surface area (TPSA) is 72.6 Å². The van der Waals surface area contributed by atoms with E-state index in [0.717, 1.165) is 5.56 Å². The van der Waals surface area contributed by atoms with Crippen LogP contribution in [0, 0.1) is 0 Å². The molecule has 0 bridgehead atoms. The highest BCUT2D eigenvalue weighted by Crippen LogP contribution is 2.26. The number of anilines is 1. The second-order valence-corrected chi connectivity index (χ2v) is 6.45. The standard InChI is InChI=1S/C15H18N2O3S/c1-17(15-9-4-3-6-12(15)11-16)21(18,19)14-8-5-7-13(10-14)20-2/h3-10H,11,16H2,1-2H3. The van der Waals surface area contributed by atoms with Gasteiger partial charge in [0.25, 0.3) is 10.0 Å². The van der Waals surface area contributed by atoms with Crippen LogP contribution in [0.25, 0.3) is 0 Å². The zero-order chi connectivity index (χ0) is 15.5. The number of nitrogens with two attached hydrogens (primary N) is 1. The predicted octanol–water partition coefficient (Wildman–Crippen LogP) is 1.98. The lowest BCUT2D eigenvalue weighted by Crippen LogP contribution is -2.27. The van der Waals surface area contributed by atoms with Crippen LogP contribution >= 0.6 is 0 Å². The molecule has 0 fully saturated rings. The molecule has 0 aliphatic rings. The second-order valence-electron chi connectivity index (χ2n) is 4.48. The van der Waals surface area contributed by atoms with Gasteiger partial charge in [-0.25, -0.2) is 8.42 Å². The second kappa shape index (κ2) is 6.15. The minimum Gasteiger partial charge on any atom is -0.497 e. The summed E-state index contributed by atoms with van der Waals surface area (Å²) in [6, 6.07) is 13.5. The van der Waals surface area contributed by atoms with Crippen molar-refractivity contribution in [2.24, 2.45) is 5.73 Å². The van der Waals surface area contributed by atoms with Crippen LogP contribution in [-0.4, -0.2) is 22.6 Å². The maximum Gasteiger partial charge on any atom is 0.264 e. The molecular weight excluding hydrogens is 288 g/mol. The Kier molecular flexibility index (Phi) is 4.50. The normalized spacial score (nSPS) is 11.2. The van der Waals surface area contributed by atoms with Crippen molar-refractivity contribution < 1.29 is 13.2 Å². The minimum absolute atomic E-state index is 0.177. The Balaban J connectivity index is 2.47. The Morgan fingerprint density at radius 1 is 1.14 bits per heavy atom. The van der Waals surface area contributed by atoms with Crippen LogP contribution in [0.1, 0.15) is 5.56 Å². The fraction of sp³-hybridized carbons (Fsp3) is 0.200. The Labute approximate surface area is 125 Å². The van der Waals surface area contributed by atoms with E-state index in [1.54, 1.807) is 30.3 Å². The van der Waals surface area contributed by atoms with Crippen molar-refractivity contribution in [1.29, 1.82) is 0 Å². The van der Waals surface area contributed by atoms with E-state index >= 15 is 0 Å². The van der Waals surface area contributed by atoms with Gasteiger partial charge in [0, 0.05) is 19.7 Å². The van der Waals surface area contributed by atoms with E-state index < -0.39 is 10.0 Å². The lowest BCUT2D eigenvalue weighted by atomic mass is 10.2. The van der Waals surface area contributed by atoms with Crippen molar-refractivity contribution in [2.45, 2.75) is 11.4 Å². The third kappa shape index (κ3) is 3.01. The van der Waals surface area contributed by atoms with Crippen LogP contribution in [0.2, 0.25) is 0 Å². The van der Waals surface area contributed by atoms with Crippen LogP contribution < -0.4 is 14.8 Å². The summed E-state index contributed by atoms with van der Waals surface area (Å²) in [7, 11) is -0.643. The van der Waals surface area contributed by atoms with E-state index in [-0.39, 0.29) is 11.4 Å². The molecule has 2 aromatic carbocycles. The third-order valence-corrected chi connectivity index (χ3v) is 5.02. The van der Waals surface area contributed by atoms with Crippen molar-refractivity contribution in [3.05, 3.63) is 54.1 Å². The van der Waals surface area contributed by atoms with E-state index in [2.05, 4.69) is 0 Å². The summed E-state index contributed by atoms with van der Waals surface area (Å²) in [5.74, 6) is 0.497. The van der Waals surface area contributed by atoms with Gasteiger partial charge in [0.05, 0.1) is 17.7 Å². The first-order chi connectivity index (χ1) is 10.0. The lowest BCUT2D eigenvalue weighted by Gasteiger charge is -2.22. The monoisotopic (exact) mass is 306 g/mol. The Morgan fingerprint density at radius 2 is 1.86 bits per heavy atom. The average Bonchev–Trinajstić information content (AvgIpc) is 2.54. The highest BCUT2D eigenvalue weighted by Gasteiger charge is 2.23. The molecule has 112 valence electrons. The Morgan fingerprint density at radius 3 is 2.52 bits per heavy atom. The van der Waals surface area contributed by atoms with Crippen molar-refractivity contribution in [3.8, 4) is 5.75 Å². The van der Waals surface area contributed by atoms with Gasteiger partial charge in [-0.15, -0.1) is 0 Å². The number of nitrogens with zero attached hydrogens (tertiary/aromatic N) is 1. The smallest absolute Gasteiger partial charge is 0.264 e. The summed E-state index contributed by atoms with van der Waals surface area (Å²) in [5.41, 5.74) is 7.02. The minimum atomic E-state index is -3.66. The van der Waals surface area contributed by atoms with Crippen molar-refractivity contribution in [2.75, 3.05) is 18.5 Å². The van der Waals surface area contributed by atoms with E-state index in [4.69, 9.17) is 10.5 Å². The lowest BCUT2D eigenvalue weighted by molar-refractivity contribution is 0.413. The molecule has 0 heterocycles. The molecule has 0 spiro atoms. The van der Waals surface area contributed by atoms with Gasteiger partial charge in [-0.3, -0.25) is 4.31 Å². The van der Waals surface area contributed by atoms with Crippen LogP contribution in [0.15, 0.2) is 53.4 Å². The van der Waals surface area contributed by atoms with Gasteiger partial charge in [-0.1, -0.05) is 24.3 Å². The van der Waals surface area contributed by atoms with Gasteiger partial charge < -0.3 is 10.5 Å². The molecule has 6 heteroatoms. The molecule has 2 rings (SSSR count). The average molecular weight is 306 g/mol. The molecule has 0 unspecified atom stereocenters. The maximum absolute atomic E-state index is 12.7. The van der Waals surface area contributed by atoms with E-state index in [1.165, 1.54) is 24.5 Å². The summed E-state index contributed by atoms with van der Waals surface area (Å²) in [6.45, 7) is 0.272. The molecule has 0 aromatic heterocycles. The van der Waals surface area contributed by atoms with E-state index in [0.29, 0.717) is 11.4 Å². The molecule has 0 atom stereocenters. The Hall–Kier alpha value is -2.05. The number of hydrogen-bond donors (Lipinski definition) is 1. The molecule has 0 aliphatic heterocycles. The summed E-state index contributed by atoms with van der Waals surface area (Å²) in [6.07, 6.45) is 0. The largest absolute Gasteiger partial charge is 0.497 e. The fourth-order valence-corrected chi connectivity index (χ4v) is 3.31. The molecule has 21 heavy (non-hydrogen) atoms. The number of para-hydroxylation sites is 1. The summed E-state index contributed by atoms with van der Waals surface area (Å²) >= 11 is 0. The SMILES string of the molecule is COc1cccc(S(=O)(=O)N(C)c2ccccc2CN)c1. The zero-order valence-electron chi connectivity index (χ0n) is 12.0. The van der Waals surface area contributed by atoms with Crippen molar-refractivity contribution in [1.82, 2.24) is 0 Å². The summed E-state index contributed by atoms with van der Waals surface area (Å²) in [5, 5.41) is 0. The Bertz CT molecular complexity index is 729. The van der Waals surface area contributed by atoms with Gasteiger partial charge in [0.2, 0.25) is 0 Å². The van der Waals surface area contributed by atoms with Gasteiger partial charge in [-0.05, 0) is 23.8 Å². The number of methoxy groups -OCH3 is 1. The molecule has 2 N–H and O–H groups in total. The van der Waals surface area contributed by atoms with E-state index in [1.807, 2.05) is 12.1 Å². The quantitative estimate of drug-likeness (QED) is 0.917. The summed E-state index contributed by atoms with van der Waals surface area (Å²) in [4.78, 5) is 0.177. The third-order valence-electron chi connectivity index (χ3n) is 3.25. The fourth-order valence-electron chi connectivity index (χ4n) is 2.04. The molecule has 0 aliphatic carbocycles.